The van der Waals surface area contributed by atoms with Crippen molar-refractivity contribution in [3.05, 3.63) is 17.1 Å². The third-order valence-electron chi connectivity index (χ3n) is 0. The molecule has 0 nitrogen and oxygen atoms in total. The summed E-state index contributed by atoms with van der Waals surface area (Å²) in [6, 6.07) is 0. The van der Waals surface area contributed by atoms with E-state index in [-0.39, 0.29) is 0 Å². The van der Waals surface area contributed by atoms with Crippen molar-refractivity contribution in [2.75, 3.05) is 0 Å². The Morgan fingerprint density at radius 3 is 1.75 bits per heavy atom. The van der Waals surface area contributed by atoms with Gasteiger partial charge >= 0.3 is 0 Å². The highest BCUT2D eigenvalue weighted by Crippen LogP contribution is 1.93. The lowest BCUT2D eigenvalue weighted by atomic mass is 10.8. The molecule has 0 rings (SSSR count). The summed E-state index contributed by atoms with van der Waals surface area (Å²) in [5.74, 6) is 0. The standard InChI is InChI=1S/C3H4I/c1-3(2)4/h1-2H2. The van der Waals surface area contributed by atoms with Gasteiger partial charge in [-0.05, 0) is 33.1 Å². The van der Waals surface area contributed by atoms with Crippen LogP contribution in [-0.4, -0.2) is 0 Å². The van der Waals surface area contributed by atoms with Gasteiger partial charge in [0.25, 0.3) is 0 Å². The average Bonchev–Trinajstić information content (AvgIpc) is 0.811. The van der Waals surface area contributed by atoms with Crippen LogP contribution in [0.5, 0.6) is 0 Å². The first kappa shape index (κ1) is 4.47. The van der Waals surface area contributed by atoms with E-state index in [1.165, 1.54) is 0 Å². The summed E-state index contributed by atoms with van der Waals surface area (Å²) in [6.45, 7) is 6.86. The second-order valence-corrected chi connectivity index (χ2v) is 2.04. The number of halogens is 1. The number of rotatable bonds is 0. The molecule has 0 aromatic carbocycles. The fourth-order valence-electron chi connectivity index (χ4n) is 0. The Morgan fingerprint density at radius 2 is 1.75 bits per heavy atom. The molecule has 0 aliphatic heterocycles. The molecule has 0 heterocycles. The number of allylic oxidation sites excluding steroid dienone is 1. The van der Waals surface area contributed by atoms with Crippen LogP contribution in [0.25, 0.3) is 0 Å². The highest BCUT2D eigenvalue weighted by molar-refractivity contribution is 14.1. The van der Waals surface area contributed by atoms with E-state index >= 15 is 0 Å². The number of hydrogen-bond acceptors (Lipinski definition) is 0. The van der Waals surface area contributed by atoms with Crippen molar-refractivity contribution in [3.63, 3.8) is 0 Å². The molecule has 0 bridgehead atoms. The van der Waals surface area contributed by atoms with Crippen LogP contribution in [-0.2, 0) is 0 Å². The highest BCUT2D eigenvalue weighted by Gasteiger charge is 1.55. The molecule has 4 heavy (non-hydrogen) atoms. The van der Waals surface area contributed by atoms with Gasteiger partial charge in [0, 0.05) is 0 Å². The van der Waals surface area contributed by atoms with Crippen LogP contribution in [0.15, 0.2) is 10.2 Å². The van der Waals surface area contributed by atoms with Crippen LogP contribution >= 0.6 is 22.6 Å². The third kappa shape index (κ3) is 24.2. The first-order valence-electron chi connectivity index (χ1n) is 0.896. The van der Waals surface area contributed by atoms with E-state index < -0.39 is 0 Å². The topological polar surface area (TPSA) is 0 Å². The molecule has 0 atom stereocenters. The molecule has 0 aromatic heterocycles. The predicted molar refractivity (Wildman–Crippen MR) is 28.5 cm³/mol. The van der Waals surface area contributed by atoms with Gasteiger partial charge in [-0.25, -0.2) is 0 Å². The molecular weight excluding hydrogens is 163 g/mol. The SMILES string of the molecule is [CH2]C(=C)I. The molecule has 23 valence electrons. The van der Waals surface area contributed by atoms with Gasteiger partial charge in [-0.1, -0.05) is 6.58 Å². The van der Waals surface area contributed by atoms with Gasteiger partial charge in [0.05, 0.1) is 0 Å². The van der Waals surface area contributed by atoms with E-state index in [9.17, 15) is 0 Å². The van der Waals surface area contributed by atoms with Crippen LogP contribution in [0.4, 0.5) is 0 Å². The minimum atomic E-state index is 0.887. The minimum Gasteiger partial charge on any atom is -0.0897 e. The van der Waals surface area contributed by atoms with Crippen LogP contribution in [0.1, 0.15) is 0 Å². The quantitative estimate of drug-likeness (QED) is 0.482. The third-order valence-corrected chi connectivity index (χ3v) is 0. The smallest absolute Gasteiger partial charge is 0.0162 e. The molecule has 0 amide bonds. The largest absolute Gasteiger partial charge is 0.0897 e. The summed E-state index contributed by atoms with van der Waals surface area (Å²) in [4.78, 5) is 0. The molecule has 0 unspecified atom stereocenters. The van der Waals surface area contributed by atoms with Crippen molar-refractivity contribution in [1.29, 1.82) is 0 Å². The molecular formula is C3H4I. The summed E-state index contributed by atoms with van der Waals surface area (Å²) in [5, 5.41) is 0. The Balaban J connectivity index is 2.80. The molecule has 0 aliphatic carbocycles. The molecule has 0 aromatic rings. The van der Waals surface area contributed by atoms with Crippen molar-refractivity contribution < 1.29 is 0 Å². The first-order valence-corrected chi connectivity index (χ1v) is 1.97. The molecule has 0 saturated heterocycles. The number of hydrogen-bond donors (Lipinski definition) is 0. The van der Waals surface area contributed by atoms with Crippen molar-refractivity contribution in [2.24, 2.45) is 0 Å². The predicted octanol–water partition coefficient (Wildman–Crippen LogP) is 1.77. The Morgan fingerprint density at radius 1 is 1.75 bits per heavy atom. The molecule has 0 spiro atoms. The zero-order valence-electron chi connectivity index (χ0n) is 2.29. The van der Waals surface area contributed by atoms with E-state index in [1.54, 1.807) is 0 Å². The van der Waals surface area contributed by atoms with Crippen molar-refractivity contribution in [2.45, 2.75) is 0 Å². The van der Waals surface area contributed by atoms with E-state index in [1.807, 2.05) is 22.6 Å². The normalized spacial score (nSPS) is 6.50. The van der Waals surface area contributed by atoms with Gasteiger partial charge in [-0.3, -0.25) is 0 Å². The molecule has 1 heteroatoms. The van der Waals surface area contributed by atoms with E-state index in [2.05, 4.69) is 13.5 Å². The second kappa shape index (κ2) is 1.76. The summed E-state index contributed by atoms with van der Waals surface area (Å²) in [7, 11) is 0. The van der Waals surface area contributed by atoms with Gasteiger partial charge in [0.15, 0.2) is 0 Å². The maximum Gasteiger partial charge on any atom is -0.0162 e. The van der Waals surface area contributed by atoms with Gasteiger partial charge < -0.3 is 0 Å². The maximum absolute atomic E-state index is 3.43. The Bertz CT molecular complexity index is 26.3. The van der Waals surface area contributed by atoms with E-state index in [0.29, 0.717) is 0 Å². The Labute approximate surface area is 40.0 Å². The first-order chi connectivity index (χ1) is 1.73. The van der Waals surface area contributed by atoms with Gasteiger partial charge in [0.2, 0.25) is 0 Å². The molecule has 0 aliphatic rings. The molecule has 1 radical (unpaired) electrons. The highest BCUT2D eigenvalue weighted by atomic mass is 127. The van der Waals surface area contributed by atoms with Crippen LogP contribution in [0, 0.1) is 6.92 Å². The zero-order valence-corrected chi connectivity index (χ0v) is 4.45. The Hall–Kier alpha value is 0.470. The molecule has 0 N–H and O–H groups in total. The maximum atomic E-state index is 3.43. The van der Waals surface area contributed by atoms with E-state index in [0.717, 1.165) is 3.58 Å². The van der Waals surface area contributed by atoms with Gasteiger partial charge in [-0.2, -0.15) is 0 Å². The summed E-state index contributed by atoms with van der Waals surface area (Å²) in [6.07, 6.45) is 0. The summed E-state index contributed by atoms with van der Waals surface area (Å²) >= 11 is 2.04. The zero-order chi connectivity index (χ0) is 3.58. The van der Waals surface area contributed by atoms with Crippen molar-refractivity contribution in [3.8, 4) is 0 Å². The minimum absolute atomic E-state index is 0.887. The monoisotopic (exact) mass is 167 g/mol. The second-order valence-electron chi connectivity index (χ2n) is 0.517. The van der Waals surface area contributed by atoms with Gasteiger partial charge in [0.1, 0.15) is 0 Å². The fraction of sp³-hybridized carbons (Fsp3) is 0. The Kier molecular flexibility index (Phi) is 1.96. The van der Waals surface area contributed by atoms with E-state index in [4.69, 9.17) is 0 Å². The lowest BCUT2D eigenvalue weighted by Gasteiger charge is -1.61. The van der Waals surface area contributed by atoms with Crippen molar-refractivity contribution >= 4 is 22.6 Å². The summed E-state index contributed by atoms with van der Waals surface area (Å²) in [5.41, 5.74) is 0. The van der Waals surface area contributed by atoms with Gasteiger partial charge in [-0.15, -0.1) is 0 Å². The fourth-order valence-corrected chi connectivity index (χ4v) is 0. The van der Waals surface area contributed by atoms with Crippen molar-refractivity contribution in [1.82, 2.24) is 0 Å². The average molecular weight is 167 g/mol. The molecule has 0 fully saturated rings. The van der Waals surface area contributed by atoms with Crippen LogP contribution in [0.3, 0.4) is 0 Å². The molecule has 0 saturated carbocycles. The lowest BCUT2D eigenvalue weighted by molar-refractivity contribution is 2.15. The van der Waals surface area contributed by atoms with Crippen LogP contribution in [0.2, 0.25) is 0 Å². The van der Waals surface area contributed by atoms with Crippen LogP contribution < -0.4 is 0 Å². The lowest BCUT2D eigenvalue weighted by Crippen LogP contribution is -1.34. The summed E-state index contributed by atoms with van der Waals surface area (Å²) < 4.78 is 0.887.